The quantitative estimate of drug-likeness (QED) is 0.882. The highest BCUT2D eigenvalue weighted by Crippen LogP contribution is 2.20. The summed E-state index contributed by atoms with van der Waals surface area (Å²) in [7, 11) is 3.43. The topological polar surface area (TPSA) is 39.1 Å². The van der Waals surface area contributed by atoms with Crippen LogP contribution in [0.1, 0.15) is 5.69 Å². The third-order valence-corrected chi connectivity index (χ3v) is 2.50. The Balaban J connectivity index is 2.09. The van der Waals surface area contributed by atoms with E-state index in [4.69, 9.17) is 4.74 Å². The molecule has 1 heterocycles. The third-order valence-electron chi connectivity index (χ3n) is 2.50. The van der Waals surface area contributed by atoms with E-state index >= 15 is 0 Å². The van der Waals surface area contributed by atoms with Gasteiger partial charge in [-0.1, -0.05) is 0 Å². The number of nitrogens with zero attached hydrogens (tertiary/aromatic N) is 2. The smallest absolute Gasteiger partial charge is 0.128 e. The Morgan fingerprint density at radius 1 is 1.41 bits per heavy atom. The van der Waals surface area contributed by atoms with Crippen molar-refractivity contribution in [3.8, 4) is 5.75 Å². The summed E-state index contributed by atoms with van der Waals surface area (Å²) >= 11 is 0. The van der Waals surface area contributed by atoms with Crippen molar-refractivity contribution in [2.45, 2.75) is 6.54 Å². The summed E-state index contributed by atoms with van der Waals surface area (Å²) in [5.74, 6) is 0.175. The van der Waals surface area contributed by atoms with Crippen molar-refractivity contribution >= 4 is 5.69 Å². The van der Waals surface area contributed by atoms with Gasteiger partial charge in [0.1, 0.15) is 11.6 Å². The first-order chi connectivity index (χ1) is 8.19. The zero-order chi connectivity index (χ0) is 12.3. The number of aryl methyl sites for hydroxylation is 1. The number of anilines is 1. The predicted octanol–water partition coefficient (Wildman–Crippen LogP) is 2.18. The first-order valence-electron chi connectivity index (χ1n) is 5.22. The van der Waals surface area contributed by atoms with Gasteiger partial charge in [-0.25, -0.2) is 9.37 Å². The molecule has 0 spiro atoms. The molecule has 0 amide bonds. The maximum Gasteiger partial charge on any atom is 0.128 e. The van der Waals surface area contributed by atoms with Gasteiger partial charge in [0.15, 0.2) is 0 Å². The largest absolute Gasteiger partial charge is 0.497 e. The van der Waals surface area contributed by atoms with E-state index < -0.39 is 0 Å². The molecular weight excluding hydrogens is 221 g/mol. The lowest BCUT2D eigenvalue weighted by molar-refractivity contribution is 0.411. The number of hydrogen-bond acceptors (Lipinski definition) is 3. The molecule has 0 aliphatic heterocycles. The van der Waals surface area contributed by atoms with Gasteiger partial charge in [-0.15, -0.1) is 0 Å². The Morgan fingerprint density at radius 3 is 2.88 bits per heavy atom. The molecule has 0 saturated carbocycles. The van der Waals surface area contributed by atoms with Crippen LogP contribution in [0.25, 0.3) is 0 Å². The van der Waals surface area contributed by atoms with Crippen LogP contribution in [0.2, 0.25) is 0 Å². The lowest BCUT2D eigenvalue weighted by Crippen LogP contribution is -2.04. The zero-order valence-corrected chi connectivity index (χ0v) is 9.77. The summed E-state index contributed by atoms with van der Waals surface area (Å²) in [6.45, 7) is 0.586. The molecule has 2 aromatic rings. The number of methoxy groups -OCH3 is 1. The molecule has 0 aliphatic rings. The van der Waals surface area contributed by atoms with Gasteiger partial charge in [-0.2, -0.15) is 0 Å². The molecule has 1 aromatic heterocycles. The molecule has 17 heavy (non-hydrogen) atoms. The fourth-order valence-electron chi connectivity index (χ4n) is 1.53. The molecular formula is C12H14FN3O. The van der Waals surface area contributed by atoms with E-state index in [0.717, 1.165) is 5.69 Å². The van der Waals surface area contributed by atoms with Gasteiger partial charge in [0, 0.05) is 31.1 Å². The van der Waals surface area contributed by atoms with E-state index in [-0.39, 0.29) is 5.82 Å². The fraction of sp³-hybridized carbons (Fsp3) is 0.250. The SMILES string of the molecule is COc1cc(F)cc(NCc2cncn2C)c1. The second-order valence-corrected chi connectivity index (χ2v) is 3.73. The maximum atomic E-state index is 13.2. The van der Waals surface area contributed by atoms with Crippen LogP contribution < -0.4 is 10.1 Å². The van der Waals surface area contributed by atoms with E-state index in [0.29, 0.717) is 18.0 Å². The number of aromatic nitrogens is 2. The van der Waals surface area contributed by atoms with Crippen molar-refractivity contribution in [1.29, 1.82) is 0 Å². The fourth-order valence-corrected chi connectivity index (χ4v) is 1.53. The average Bonchev–Trinajstić information content (AvgIpc) is 2.71. The second kappa shape index (κ2) is 4.86. The van der Waals surface area contributed by atoms with Crippen LogP contribution >= 0.6 is 0 Å². The Kier molecular flexibility index (Phi) is 3.27. The number of nitrogens with one attached hydrogen (secondary N) is 1. The van der Waals surface area contributed by atoms with E-state index in [9.17, 15) is 4.39 Å². The molecule has 90 valence electrons. The van der Waals surface area contributed by atoms with Gasteiger partial charge in [-0.3, -0.25) is 0 Å². The van der Waals surface area contributed by atoms with Crippen molar-refractivity contribution in [1.82, 2.24) is 9.55 Å². The van der Waals surface area contributed by atoms with Crippen LogP contribution in [-0.2, 0) is 13.6 Å². The summed E-state index contributed by atoms with van der Waals surface area (Å²) in [4.78, 5) is 4.01. The maximum absolute atomic E-state index is 13.2. The number of rotatable bonds is 4. The van der Waals surface area contributed by atoms with Gasteiger partial charge < -0.3 is 14.6 Å². The summed E-state index contributed by atoms with van der Waals surface area (Å²) in [6, 6.07) is 4.52. The standard InChI is InChI=1S/C12H14FN3O/c1-16-8-14-6-11(16)7-15-10-3-9(13)4-12(5-10)17-2/h3-6,8,15H,7H2,1-2H3. The highest BCUT2D eigenvalue weighted by Gasteiger charge is 2.02. The van der Waals surface area contributed by atoms with Crippen LogP contribution in [0.15, 0.2) is 30.7 Å². The highest BCUT2D eigenvalue weighted by molar-refractivity contribution is 5.48. The van der Waals surface area contributed by atoms with E-state index in [2.05, 4.69) is 10.3 Å². The van der Waals surface area contributed by atoms with Gasteiger partial charge in [0.25, 0.3) is 0 Å². The second-order valence-electron chi connectivity index (χ2n) is 3.73. The molecule has 0 saturated heterocycles. The normalized spacial score (nSPS) is 10.3. The minimum Gasteiger partial charge on any atom is -0.497 e. The number of benzene rings is 1. The van der Waals surface area contributed by atoms with Crippen LogP contribution in [-0.4, -0.2) is 16.7 Å². The molecule has 2 rings (SSSR count). The third kappa shape index (κ3) is 2.75. The van der Waals surface area contributed by atoms with Gasteiger partial charge in [0.05, 0.1) is 25.7 Å². The van der Waals surface area contributed by atoms with Crippen molar-refractivity contribution < 1.29 is 9.13 Å². The van der Waals surface area contributed by atoms with Crippen molar-refractivity contribution in [3.63, 3.8) is 0 Å². The van der Waals surface area contributed by atoms with E-state index in [1.807, 2.05) is 11.6 Å². The van der Waals surface area contributed by atoms with Crippen LogP contribution in [0.3, 0.4) is 0 Å². The Hall–Kier alpha value is -2.04. The van der Waals surface area contributed by atoms with Crippen molar-refractivity contribution in [2.75, 3.05) is 12.4 Å². The summed E-state index contributed by atoms with van der Waals surface area (Å²) in [5.41, 5.74) is 1.70. The molecule has 0 aliphatic carbocycles. The van der Waals surface area contributed by atoms with Crippen LogP contribution in [0.4, 0.5) is 10.1 Å². The van der Waals surface area contributed by atoms with E-state index in [1.54, 1.807) is 18.6 Å². The van der Waals surface area contributed by atoms with E-state index in [1.165, 1.54) is 19.2 Å². The van der Waals surface area contributed by atoms with Gasteiger partial charge >= 0.3 is 0 Å². The molecule has 0 fully saturated rings. The van der Waals surface area contributed by atoms with Gasteiger partial charge in [-0.05, 0) is 6.07 Å². The number of imidazole rings is 1. The molecule has 1 aromatic carbocycles. The molecule has 5 heteroatoms. The highest BCUT2D eigenvalue weighted by atomic mass is 19.1. The number of halogens is 1. The van der Waals surface area contributed by atoms with Crippen LogP contribution in [0, 0.1) is 5.82 Å². The molecule has 0 unspecified atom stereocenters. The first kappa shape index (κ1) is 11.4. The lowest BCUT2D eigenvalue weighted by atomic mass is 10.3. The molecule has 0 bridgehead atoms. The molecule has 0 radical (unpaired) electrons. The molecule has 4 nitrogen and oxygen atoms in total. The van der Waals surface area contributed by atoms with Crippen LogP contribution in [0.5, 0.6) is 5.75 Å². The minimum atomic E-state index is -0.322. The summed E-state index contributed by atoms with van der Waals surface area (Å²) < 4.78 is 20.1. The number of hydrogen-bond donors (Lipinski definition) is 1. The number of ether oxygens (including phenoxy) is 1. The average molecular weight is 235 g/mol. The minimum absolute atomic E-state index is 0.322. The van der Waals surface area contributed by atoms with Gasteiger partial charge in [0.2, 0.25) is 0 Å². The Bertz CT molecular complexity index is 510. The zero-order valence-electron chi connectivity index (χ0n) is 9.77. The van der Waals surface area contributed by atoms with Crippen molar-refractivity contribution in [3.05, 3.63) is 42.2 Å². The molecule has 0 atom stereocenters. The monoisotopic (exact) mass is 235 g/mol. The lowest BCUT2D eigenvalue weighted by Gasteiger charge is -2.08. The summed E-state index contributed by atoms with van der Waals surface area (Å²) in [6.07, 6.45) is 3.49. The predicted molar refractivity (Wildman–Crippen MR) is 63.5 cm³/mol. The van der Waals surface area contributed by atoms with Crippen molar-refractivity contribution in [2.24, 2.45) is 7.05 Å². The molecule has 1 N–H and O–H groups in total. The first-order valence-corrected chi connectivity index (χ1v) is 5.22. The Morgan fingerprint density at radius 2 is 2.24 bits per heavy atom. The Labute approximate surface area is 99.1 Å². The summed E-state index contributed by atoms with van der Waals surface area (Å²) in [5, 5.41) is 3.12.